The van der Waals surface area contributed by atoms with E-state index >= 15 is 0 Å². The van der Waals surface area contributed by atoms with Crippen LogP contribution >= 0.6 is 11.6 Å². The Morgan fingerprint density at radius 3 is 2.33 bits per heavy atom. The summed E-state index contributed by atoms with van der Waals surface area (Å²) in [7, 11) is 0. The van der Waals surface area contributed by atoms with Crippen molar-refractivity contribution in [1.29, 1.82) is 5.26 Å². The maximum atomic E-state index is 9.23. The fourth-order valence-electron chi connectivity index (χ4n) is 2.44. The minimum Gasteiger partial charge on any atom is -0.197 e. The molecule has 1 nitrogen and oxygen atoms in total. The van der Waals surface area contributed by atoms with Crippen LogP contribution in [0.3, 0.4) is 0 Å². The van der Waals surface area contributed by atoms with Crippen molar-refractivity contribution in [1.82, 2.24) is 0 Å². The molecule has 1 aromatic carbocycles. The Kier molecular flexibility index (Phi) is 2.28. The Bertz CT molecular complexity index is 464. The van der Waals surface area contributed by atoms with Crippen molar-refractivity contribution in [2.45, 2.75) is 39.0 Å². The largest absolute Gasteiger partial charge is 0.197 e. The van der Waals surface area contributed by atoms with E-state index in [-0.39, 0.29) is 5.41 Å². The van der Waals surface area contributed by atoms with Crippen LogP contribution in [0.15, 0.2) is 6.07 Å². The van der Waals surface area contributed by atoms with E-state index in [4.69, 9.17) is 11.6 Å². The van der Waals surface area contributed by atoms with Gasteiger partial charge in [0.05, 0.1) is 11.5 Å². The summed E-state index contributed by atoms with van der Waals surface area (Å²) in [6.45, 7) is 6.11. The molecule has 0 bridgehead atoms. The van der Waals surface area contributed by atoms with Gasteiger partial charge in [-0.05, 0) is 55.9 Å². The predicted molar refractivity (Wildman–Crippen MR) is 62.2 cm³/mol. The van der Waals surface area contributed by atoms with Gasteiger partial charge in [-0.25, -0.2) is 0 Å². The average molecular weight is 220 g/mol. The van der Waals surface area contributed by atoms with Gasteiger partial charge in [0.2, 0.25) is 0 Å². The smallest absolute Gasteiger partial charge is 0.0829 e. The van der Waals surface area contributed by atoms with Gasteiger partial charge in [0.15, 0.2) is 0 Å². The number of hydrogen-bond donors (Lipinski definition) is 0. The van der Waals surface area contributed by atoms with Gasteiger partial charge in [0.25, 0.3) is 0 Å². The summed E-state index contributed by atoms with van der Waals surface area (Å²) < 4.78 is 0. The van der Waals surface area contributed by atoms with Crippen LogP contribution in [0.25, 0.3) is 0 Å². The number of nitrogens with zero attached hydrogens (tertiary/aromatic N) is 1. The zero-order valence-electron chi connectivity index (χ0n) is 9.32. The number of aryl methyl sites for hydroxylation is 2. The third kappa shape index (κ3) is 1.44. The van der Waals surface area contributed by atoms with Crippen molar-refractivity contribution in [3.63, 3.8) is 0 Å². The summed E-state index contributed by atoms with van der Waals surface area (Å²) in [5, 5.41) is 10.0. The van der Waals surface area contributed by atoms with Crippen molar-refractivity contribution in [3.8, 4) is 6.07 Å². The molecule has 1 aromatic rings. The Morgan fingerprint density at radius 1 is 1.27 bits per heavy atom. The minimum absolute atomic E-state index is 0.231. The number of nitriles is 1. The molecule has 0 N–H and O–H groups in total. The van der Waals surface area contributed by atoms with E-state index in [9.17, 15) is 5.26 Å². The van der Waals surface area contributed by atoms with E-state index in [0.29, 0.717) is 0 Å². The Balaban J connectivity index is 2.68. The maximum Gasteiger partial charge on any atom is 0.0829 e. The lowest BCUT2D eigenvalue weighted by atomic mass is 9.88. The number of benzene rings is 1. The van der Waals surface area contributed by atoms with E-state index in [1.807, 2.05) is 13.8 Å². The SMILES string of the molecule is Cc1cc(C)c(C2(C#N)CC2)c(C)c1Cl. The second-order valence-corrected chi connectivity index (χ2v) is 4.90. The average Bonchev–Trinajstić information content (AvgIpc) is 2.96. The van der Waals surface area contributed by atoms with Crippen LogP contribution in [-0.4, -0.2) is 0 Å². The molecule has 0 atom stereocenters. The molecule has 0 unspecified atom stereocenters. The van der Waals surface area contributed by atoms with E-state index in [0.717, 1.165) is 29.0 Å². The quantitative estimate of drug-likeness (QED) is 0.705. The van der Waals surface area contributed by atoms with E-state index in [1.54, 1.807) is 0 Å². The van der Waals surface area contributed by atoms with Crippen LogP contribution in [-0.2, 0) is 5.41 Å². The minimum atomic E-state index is -0.231. The van der Waals surface area contributed by atoms with Gasteiger partial charge in [0.1, 0.15) is 0 Å². The first-order valence-corrected chi connectivity index (χ1v) is 5.58. The second kappa shape index (κ2) is 3.25. The molecule has 15 heavy (non-hydrogen) atoms. The van der Waals surface area contributed by atoms with Gasteiger partial charge in [-0.2, -0.15) is 5.26 Å². The highest BCUT2D eigenvalue weighted by atomic mass is 35.5. The summed E-state index contributed by atoms with van der Waals surface area (Å²) in [6, 6.07) is 4.52. The number of halogens is 1. The highest BCUT2D eigenvalue weighted by Gasteiger charge is 2.47. The van der Waals surface area contributed by atoms with Crippen molar-refractivity contribution >= 4 is 11.6 Å². The van der Waals surface area contributed by atoms with Gasteiger partial charge in [0, 0.05) is 5.02 Å². The lowest BCUT2D eigenvalue weighted by Crippen LogP contribution is -2.09. The Labute approximate surface area is 95.7 Å². The monoisotopic (exact) mass is 219 g/mol. The Hall–Kier alpha value is -1.00. The second-order valence-electron chi connectivity index (χ2n) is 4.52. The maximum absolute atomic E-state index is 9.23. The van der Waals surface area contributed by atoms with Gasteiger partial charge in [-0.3, -0.25) is 0 Å². The summed E-state index contributed by atoms with van der Waals surface area (Å²) in [5.74, 6) is 0. The number of rotatable bonds is 1. The fraction of sp³-hybridized carbons (Fsp3) is 0.462. The van der Waals surface area contributed by atoms with Crippen molar-refractivity contribution in [3.05, 3.63) is 33.3 Å². The van der Waals surface area contributed by atoms with Crippen molar-refractivity contribution in [2.24, 2.45) is 0 Å². The lowest BCUT2D eigenvalue weighted by molar-refractivity contribution is 0.880. The van der Waals surface area contributed by atoms with Crippen molar-refractivity contribution < 1.29 is 0 Å². The van der Waals surface area contributed by atoms with Gasteiger partial charge < -0.3 is 0 Å². The van der Waals surface area contributed by atoms with Crippen LogP contribution in [0.2, 0.25) is 5.02 Å². The summed E-state index contributed by atoms with van der Waals surface area (Å²) in [4.78, 5) is 0. The van der Waals surface area contributed by atoms with Crippen LogP contribution in [0, 0.1) is 32.1 Å². The molecule has 2 heteroatoms. The molecule has 2 rings (SSSR count). The van der Waals surface area contributed by atoms with Crippen LogP contribution in [0.5, 0.6) is 0 Å². The summed E-state index contributed by atoms with van der Waals surface area (Å²) >= 11 is 6.24. The molecule has 0 aliphatic heterocycles. The van der Waals surface area contributed by atoms with E-state index in [1.165, 1.54) is 11.1 Å². The topological polar surface area (TPSA) is 23.8 Å². The lowest BCUT2D eigenvalue weighted by Gasteiger charge is -2.17. The molecule has 1 aliphatic carbocycles. The van der Waals surface area contributed by atoms with Crippen LogP contribution < -0.4 is 0 Å². The van der Waals surface area contributed by atoms with Gasteiger partial charge >= 0.3 is 0 Å². The zero-order valence-corrected chi connectivity index (χ0v) is 10.1. The molecule has 1 aliphatic rings. The molecule has 0 amide bonds. The van der Waals surface area contributed by atoms with Gasteiger partial charge in [-0.15, -0.1) is 0 Å². The third-order valence-corrected chi connectivity index (χ3v) is 3.90. The van der Waals surface area contributed by atoms with Gasteiger partial charge in [-0.1, -0.05) is 17.7 Å². The van der Waals surface area contributed by atoms with Crippen LogP contribution in [0.4, 0.5) is 0 Å². The summed E-state index contributed by atoms with van der Waals surface area (Å²) in [5.41, 5.74) is 4.33. The van der Waals surface area contributed by atoms with Crippen molar-refractivity contribution in [2.75, 3.05) is 0 Å². The zero-order chi connectivity index (χ0) is 11.2. The molecular weight excluding hydrogens is 206 g/mol. The molecule has 1 fully saturated rings. The first kappa shape index (κ1) is 10.5. The highest BCUT2D eigenvalue weighted by Crippen LogP contribution is 2.51. The van der Waals surface area contributed by atoms with Crippen LogP contribution in [0.1, 0.15) is 35.1 Å². The molecule has 0 radical (unpaired) electrons. The molecular formula is C13H14ClN. The molecule has 0 aromatic heterocycles. The predicted octanol–water partition coefficient (Wildman–Crippen LogP) is 3.82. The third-order valence-electron chi connectivity index (χ3n) is 3.32. The fourth-order valence-corrected chi connectivity index (χ4v) is 2.59. The number of hydrogen-bond acceptors (Lipinski definition) is 1. The Morgan fingerprint density at radius 2 is 1.87 bits per heavy atom. The molecule has 0 heterocycles. The molecule has 78 valence electrons. The molecule has 0 spiro atoms. The highest BCUT2D eigenvalue weighted by molar-refractivity contribution is 6.32. The molecule has 0 saturated heterocycles. The first-order valence-electron chi connectivity index (χ1n) is 5.20. The molecule has 1 saturated carbocycles. The van der Waals surface area contributed by atoms with E-state index in [2.05, 4.69) is 19.1 Å². The first-order chi connectivity index (χ1) is 7.02. The standard InChI is InChI=1S/C13H14ClN/c1-8-6-9(2)12(14)10(3)11(8)13(7-15)4-5-13/h6H,4-5H2,1-3H3. The normalized spacial score (nSPS) is 17.3. The van der Waals surface area contributed by atoms with E-state index < -0.39 is 0 Å². The summed E-state index contributed by atoms with van der Waals surface area (Å²) in [6.07, 6.45) is 1.95.